The molecule has 0 aromatic heterocycles. The summed E-state index contributed by atoms with van der Waals surface area (Å²) >= 11 is 0. The number of hydrogen-bond donors (Lipinski definition) is 1. The SMILES string of the molecule is CCOc1ccc(C(=O)NCC2CCN(c3ccc(F)c(F)c3)C2)cc1C. The molecule has 1 fully saturated rings. The van der Waals surface area contributed by atoms with E-state index in [1.165, 1.54) is 6.07 Å². The highest BCUT2D eigenvalue weighted by molar-refractivity contribution is 5.94. The van der Waals surface area contributed by atoms with Gasteiger partial charge >= 0.3 is 0 Å². The number of hydrogen-bond acceptors (Lipinski definition) is 3. The largest absolute Gasteiger partial charge is 0.494 e. The second-order valence-electron chi connectivity index (χ2n) is 6.82. The van der Waals surface area contributed by atoms with Gasteiger partial charge in [-0.25, -0.2) is 8.78 Å². The van der Waals surface area contributed by atoms with E-state index in [1.54, 1.807) is 12.1 Å². The standard InChI is InChI=1S/C21H24F2N2O2/c1-3-27-20-7-4-16(10-14(20)2)21(26)24-12-15-8-9-25(13-15)17-5-6-18(22)19(23)11-17/h4-7,10-11,15H,3,8-9,12-13H2,1-2H3,(H,24,26). The molecule has 1 aliphatic rings. The van der Waals surface area contributed by atoms with E-state index in [-0.39, 0.29) is 11.8 Å². The molecule has 0 spiro atoms. The van der Waals surface area contributed by atoms with Crippen molar-refractivity contribution in [3.63, 3.8) is 0 Å². The Morgan fingerprint density at radius 1 is 1.22 bits per heavy atom. The summed E-state index contributed by atoms with van der Waals surface area (Å²) in [7, 11) is 0. The molecule has 1 amide bonds. The lowest BCUT2D eigenvalue weighted by molar-refractivity contribution is 0.0948. The van der Waals surface area contributed by atoms with Crippen molar-refractivity contribution in [2.45, 2.75) is 20.3 Å². The maximum Gasteiger partial charge on any atom is 0.251 e. The van der Waals surface area contributed by atoms with Crippen LogP contribution in [0.15, 0.2) is 36.4 Å². The van der Waals surface area contributed by atoms with E-state index in [4.69, 9.17) is 4.74 Å². The van der Waals surface area contributed by atoms with Crippen LogP contribution in [-0.2, 0) is 0 Å². The van der Waals surface area contributed by atoms with Crippen LogP contribution >= 0.6 is 0 Å². The molecule has 1 N–H and O–H groups in total. The Bertz CT molecular complexity index is 826. The number of amides is 1. The minimum absolute atomic E-state index is 0.118. The van der Waals surface area contributed by atoms with Gasteiger partial charge in [0.25, 0.3) is 5.91 Å². The van der Waals surface area contributed by atoms with Gasteiger partial charge in [0.1, 0.15) is 5.75 Å². The number of aryl methyl sites for hydroxylation is 1. The Hall–Kier alpha value is -2.63. The van der Waals surface area contributed by atoms with Crippen molar-refractivity contribution in [2.75, 3.05) is 31.1 Å². The summed E-state index contributed by atoms with van der Waals surface area (Å²) in [4.78, 5) is 14.4. The Kier molecular flexibility index (Phi) is 5.94. The molecule has 1 aliphatic heterocycles. The lowest BCUT2D eigenvalue weighted by atomic mass is 10.1. The highest BCUT2D eigenvalue weighted by atomic mass is 19.2. The van der Waals surface area contributed by atoms with E-state index in [1.807, 2.05) is 30.9 Å². The van der Waals surface area contributed by atoms with E-state index in [9.17, 15) is 13.6 Å². The first kappa shape index (κ1) is 19.1. The molecule has 1 heterocycles. The van der Waals surface area contributed by atoms with Gasteiger partial charge in [-0.15, -0.1) is 0 Å². The molecular weight excluding hydrogens is 350 g/mol. The van der Waals surface area contributed by atoms with Crippen LogP contribution in [0, 0.1) is 24.5 Å². The molecule has 1 unspecified atom stereocenters. The average molecular weight is 374 g/mol. The molecule has 4 nitrogen and oxygen atoms in total. The fourth-order valence-electron chi connectivity index (χ4n) is 3.36. The molecule has 3 rings (SSSR count). The van der Waals surface area contributed by atoms with Crippen LogP contribution in [0.2, 0.25) is 0 Å². The van der Waals surface area contributed by atoms with Crippen molar-refractivity contribution in [1.29, 1.82) is 0 Å². The van der Waals surface area contributed by atoms with Crippen LogP contribution < -0.4 is 15.0 Å². The van der Waals surface area contributed by atoms with Gasteiger partial charge < -0.3 is 15.0 Å². The molecule has 0 bridgehead atoms. The Morgan fingerprint density at radius 2 is 2.04 bits per heavy atom. The highest BCUT2D eigenvalue weighted by Gasteiger charge is 2.24. The first-order chi connectivity index (χ1) is 13.0. The monoisotopic (exact) mass is 374 g/mol. The molecule has 1 saturated heterocycles. The van der Waals surface area contributed by atoms with Crippen LogP contribution in [0.1, 0.15) is 29.3 Å². The Labute approximate surface area is 158 Å². The number of carbonyl (C=O) groups is 1. The molecule has 0 saturated carbocycles. The number of halogens is 2. The molecule has 2 aromatic rings. The predicted octanol–water partition coefficient (Wildman–Crippen LogP) is 3.93. The zero-order valence-electron chi connectivity index (χ0n) is 15.6. The third kappa shape index (κ3) is 4.56. The number of nitrogens with one attached hydrogen (secondary N) is 1. The predicted molar refractivity (Wildman–Crippen MR) is 101 cm³/mol. The van der Waals surface area contributed by atoms with E-state index < -0.39 is 11.6 Å². The normalized spacial score (nSPS) is 16.4. The van der Waals surface area contributed by atoms with Gasteiger partial charge in [-0.05, 0) is 62.1 Å². The van der Waals surface area contributed by atoms with Crippen LogP contribution in [0.3, 0.4) is 0 Å². The third-order valence-corrected chi connectivity index (χ3v) is 4.84. The summed E-state index contributed by atoms with van der Waals surface area (Å²) in [5.41, 5.74) is 2.20. The molecular formula is C21H24F2N2O2. The second-order valence-corrected chi connectivity index (χ2v) is 6.82. The number of benzene rings is 2. The summed E-state index contributed by atoms with van der Waals surface area (Å²) < 4.78 is 32.0. The summed E-state index contributed by atoms with van der Waals surface area (Å²) in [6.07, 6.45) is 0.890. The van der Waals surface area contributed by atoms with Crippen molar-refractivity contribution >= 4 is 11.6 Å². The van der Waals surface area contributed by atoms with E-state index in [2.05, 4.69) is 5.32 Å². The molecule has 1 atom stereocenters. The minimum atomic E-state index is -0.840. The number of ether oxygens (including phenoxy) is 1. The number of rotatable bonds is 6. The fourth-order valence-corrected chi connectivity index (χ4v) is 3.36. The van der Waals surface area contributed by atoms with Crippen molar-refractivity contribution in [1.82, 2.24) is 5.32 Å². The molecule has 27 heavy (non-hydrogen) atoms. The van der Waals surface area contributed by atoms with Crippen molar-refractivity contribution in [3.05, 3.63) is 59.2 Å². The molecule has 2 aromatic carbocycles. The third-order valence-electron chi connectivity index (χ3n) is 4.84. The van der Waals surface area contributed by atoms with E-state index in [0.717, 1.165) is 30.3 Å². The molecule has 0 aliphatic carbocycles. The maximum atomic E-state index is 13.4. The van der Waals surface area contributed by atoms with Crippen molar-refractivity contribution < 1.29 is 18.3 Å². The minimum Gasteiger partial charge on any atom is -0.494 e. The molecule has 0 radical (unpaired) electrons. The number of carbonyl (C=O) groups excluding carboxylic acids is 1. The topological polar surface area (TPSA) is 41.6 Å². The molecule has 6 heteroatoms. The van der Waals surface area contributed by atoms with E-state index in [0.29, 0.717) is 30.9 Å². The maximum absolute atomic E-state index is 13.4. The second kappa shape index (κ2) is 8.37. The summed E-state index contributed by atoms with van der Waals surface area (Å²) in [5, 5.41) is 2.97. The van der Waals surface area contributed by atoms with Gasteiger partial charge in [-0.1, -0.05) is 0 Å². The van der Waals surface area contributed by atoms with Crippen LogP contribution in [0.25, 0.3) is 0 Å². The van der Waals surface area contributed by atoms with Gasteiger partial charge in [0.15, 0.2) is 11.6 Å². The average Bonchev–Trinajstić information content (AvgIpc) is 3.13. The lowest BCUT2D eigenvalue weighted by Gasteiger charge is -2.19. The van der Waals surface area contributed by atoms with Gasteiger partial charge in [0, 0.05) is 37.0 Å². The number of anilines is 1. The zero-order chi connectivity index (χ0) is 19.4. The summed E-state index contributed by atoms with van der Waals surface area (Å²) in [6.45, 7) is 6.43. The summed E-state index contributed by atoms with van der Waals surface area (Å²) in [5.74, 6) is -0.743. The Balaban J connectivity index is 1.54. The quantitative estimate of drug-likeness (QED) is 0.833. The van der Waals surface area contributed by atoms with Gasteiger partial charge in [0.05, 0.1) is 6.61 Å². The highest BCUT2D eigenvalue weighted by Crippen LogP contribution is 2.25. The van der Waals surface area contributed by atoms with Crippen LogP contribution in [-0.4, -0.2) is 32.1 Å². The molecule has 144 valence electrons. The van der Waals surface area contributed by atoms with E-state index >= 15 is 0 Å². The first-order valence-corrected chi connectivity index (χ1v) is 9.19. The van der Waals surface area contributed by atoms with Gasteiger partial charge in [-0.3, -0.25) is 4.79 Å². The van der Waals surface area contributed by atoms with Crippen LogP contribution in [0.4, 0.5) is 14.5 Å². The smallest absolute Gasteiger partial charge is 0.251 e. The van der Waals surface area contributed by atoms with Crippen molar-refractivity contribution in [2.24, 2.45) is 5.92 Å². The summed E-state index contributed by atoms with van der Waals surface area (Å²) in [6, 6.07) is 9.35. The van der Waals surface area contributed by atoms with Gasteiger partial charge in [-0.2, -0.15) is 0 Å². The lowest BCUT2D eigenvalue weighted by Crippen LogP contribution is -2.31. The zero-order valence-corrected chi connectivity index (χ0v) is 15.6. The van der Waals surface area contributed by atoms with Crippen LogP contribution in [0.5, 0.6) is 5.75 Å². The first-order valence-electron chi connectivity index (χ1n) is 9.19. The fraction of sp³-hybridized carbons (Fsp3) is 0.381. The Morgan fingerprint density at radius 3 is 2.74 bits per heavy atom. The number of nitrogens with zero attached hydrogens (tertiary/aromatic N) is 1. The van der Waals surface area contributed by atoms with Crippen molar-refractivity contribution in [3.8, 4) is 5.75 Å². The van der Waals surface area contributed by atoms with Gasteiger partial charge in [0.2, 0.25) is 0 Å².